The van der Waals surface area contributed by atoms with Gasteiger partial charge in [0.15, 0.2) is 5.66 Å². The third-order valence-electron chi connectivity index (χ3n) is 5.52. The smallest absolute Gasteiger partial charge is 0.235 e. The lowest BCUT2D eigenvalue weighted by Gasteiger charge is -2.29. The van der Waals surface area contributed by atoms with Gasteiger partial charge < -0.3 is 4.90 Å². The molecule has 3 rings (SSSR count). The van der Waals surface area contributed by atoms with Gasteiger partial charge in [-0.1, -0.05) is 18.2 Å². The zero-order chi connectivity index (χ0) is 20.4. The molecule has 1 unspecified atom stereocenters. The number of anilines is 1. The summed E-state index contributed by atoms with van der Waals surface area (Å²) in [5.41, 5.74) is 1.00. The number of sulfonamides is 1. The van der Waals surface area contributed by atoms with E-state index < -0.39 is 15.7 Å². The van der Waals surface area contributed by atoms with Crippen LogP contribution in [0.5, 0.6) is 0 Å². The van der Waals surface area contributed by atoms with E-state index in [1.807, 2.05) is 31.2 Å². The molecule has 0 saturated carbocycles. The van der Waals surface area contributed by atoms with E-state index >= 15 is 0 Å². The summed E-state index contributed by atoms with van der Waals surface area (Å²) in [5, 5.41) is 8.15. The van der Waals surface area contributed by atoms with Crippen LogP contribution in [0.4, 0.5) is 5.69 Å². The topological polar surface area (TPSA) is 82.4 Å². The predicted molar refractivity (Wildman–Crippen MR) is 108 cm³/mol. The molecule has 150 valence electrons. The number of hydrogen-bond donors (Lipinski definition) is 0. The monoisotopic (exact) mass is 402 g/mol. The quantitative estimate of drug-likeness (QED) is 0.627. The Morgan fingerprint density at radius 2 is 2.07 bits per heavy atom. The van der Waals surface area contributed by atoms with E-state index in [9.17, 15) is 13.2 Å². The number of para-hydroxylation sites is 1. The Labute approximate surface area is 166 Å². The molecule has 1 saturated heterocycles. The van der Waals surface area contributed by atoms with Gasteiger partial charge in [0.2, 0.25) is 15.9 Å². The highest BCUT2D eigenvalue weighted by atomic mass is 32.2. The minimum atomic E-state index is -3.28. The number of terminal acetylenes is 1. The van der Waals surface area contributed by atoms with Gasteiger partial charge in [-0.3, -0.25) is 9.10 Å². The molecule has 0 radical (unpaired) electrons. The maximum Gasteiger partial charge on any atom is 0.235 e. The van der Waals surface area contributed by atoms with Crippen molar-refractivity contribution in [3.05, 3.63) is 29.8 Å². The Morgan fingerprint density at radius 3 is 2.68 bits per heavy atom. The Bertz CT molecular complexity index is 914. The summed E-state index contributed by atoms with van der Waals surface area (Å²) in [6, 6.07) is 7.13. The predicted octanol–water partition coefficient (Wildman–Crippen LogP) is 3.10. The number of hydrogen-bond acceptors (Lipinski definition) is 5. The maximum atomic E-state index is 12.7. The zero-order valence-electron chi connectivity index (χ0n) is 16.3. The molecule has 0 bridgehead atoms. The average Bonchev–Trinajstić information content (AvgIpc) is 3.38. The van der Waals surface area contributed by atoms with Crippen LogP contribution in [0.1, 0.15) is 50.6 Å². The summed E-state index contributed by atoms with van der Waals surface area (Å²) in [5.74, 6) is 2.72. The lowest BCUT2D eigenvalue weighted by molar-refractivity contribution is -0.132. The van der Waals surface area contributed by atoms with E-state index in [2.05, 4.69) is 16.1 Å². The van der Waals surface area contributed by atoms with Crippen LogP contribution in [0.2, 0.25) is 0 Å². The molecule has 7 nitrogen and oxygen atoms in total. The first-order valence-electron chi connectivity index (χ1n) is 9.52. The van der Waals surface area contributed by atoms with Crippen LogP contribution in [0.3, 0.4) is 0 Å². The first-order valence-corrected chi connectivity index (χ1v) is 11.1. The van der Waals surface area contributed by atoms with E-state index in [0.29, 0.717) is 44.3 Å². The average molecular weight is 403 g/mol. The standard InChI is InChI=1S/C20H26N4O3S/c1-4-5-12-20(21-22-20)13-11-19(25)23(3)16(2)17-9-6-7-10-18(17)24-14-8-15-28(24,26)27/h1,6-7,9-10,16H,5,8,11-15H2,2-3H3. The van der Waals surface area contributed by atoms with Gasteiger partial charge in [0.25, 0.3) is 0 Å². The molecule has 1 atom stereocenters. The van der Waals surface area contributed by atoms with Crippen LogP contribution in [-0.4, -0.2) is 44.2 Å². The number of carbonyl (C=O) groups excluding carboxylic acids is 1. The highest BCUT2D eigenvalue weighted by Crippen LogP contribution is 2.38. The molecule has 0 aromatic heterocycles. The van der Waals surface area contributed by atoms with Crippen LogP contribution in [0.25, 0.3) is 0 Å². The molecular weight excluding hydrogens is 376 g/mol. The molecule has 0 aliphatic carbocycles. The van der Waals surface area contributed by atoms with E-state index in [4.69, 9.17) is 6.42 Å². The summed E-state index contributed by atoms with van der Waals surface area (Å²) in [6.45, 7) is 2.39. The van der Waals surface area contributed by atoms with Gasteiger partial charge in [0.1, 0.15) is 0 Å². The van der Waals surface area contributed by atoms with Crippen LogP contribution in [0, 0.1) is 12.3 Å². The van der Waals surface area contributed by atoms with Crippen LogP contribution in [0.15, 0.2) is 34.5 Å². The molecule has 1 fully saturated rings. The van der Waals surface area contributed by atoms with Crippen molar-refractivity contribution >= 4 is 21.6 Å². The van der Waals surface area contributed by atoms with Gasteiger partial charge in [-0.2, -0.15) is 10.2 Å². The number of amides is 1. The van der Waals surface area contributed by atoms with Crippen LogP contribution < -0.4 is 4.31 Å². The minimum Gasteiger partial charge on any atom is -0.339 e. The van der Waals surface area contributed by atoms with Gasteiger partial charge in [-0.15, -0.1) is 12.3 Å². The molecule has 2 aliphatic rings. The highest BCUT2D eigenvalue weighted by molar-refractivity contribution is 7.93. The fourth-order valence-electron chi connectivity index (χ4n) is 3.55. The highest BCUT2D eigenvalue weighted by Gasteiger charge is 2.40. The van der Waals surface area contributed by atoms with Crippen molar-refractivity contribution in [3.8, 4) is 12.3 Å². The van der Waals surface area contributed by atoms with E-state index in [1.54, 1.807) is 11.9 Å². The second-order valence-electron chi connectivity index (χ2n) is 7.37. The Balaban J connectivity index is 1.69. The number of rotatable bonds is 8. The molecule has 2 aliphatic heterocycles. The number of benzene rings is 1. The molecule has 28 heavy (non-hydrogen) atoms. The third-order valence-corrected chi connectivity index (χ3v) is 7.38. The SMILES string of the molecule is C#CCCC1(CCC(=O)N(C)C(C)c2ccccc2N2CCCS2(=O)=O)N=N1. The lowest BCUT2D eigenvalue weighted by Crippen LogP contribution is -2.33. The maximum absolute atomic E-state index is 12.7. The largest absolute Gasteiger partial charge is 0.339 e. The summed E-state index contributed by atoms with van der Waals surface area (Å²) < 4.78 is 26.2. The van der Waals surface area contributed by atoms with Crippen molar-refractivity contribution in [3.63, 3.8) is 0 Å². The van der Waals surface area contributed by atoms with Gasteiger partial charge in [0.05, 0.1) is 17.5 Å². The first-order chi connectivity index (χ1) is 13.3. The van der Waals surface area contributed by atoms with E-state index in [0.717, 1.165) is 5.56 Å². The van der Waals surface area contributed by atoms with Crippen LogP contribution in [-0.2, 0) is 14.8 Å². The lowest BCUT2D eigenvalue weighted by atomic mass is 10.0. The molecule has 0 spiro atoms. The molecular formula is C20H26N4O3S. The van der Waals surface area contributed by atoms with E-state index in [-0.39, 0.29) is 17.7 Å². The molecule has 1 aromatic rings. The zero-order valence-corrected chi connectivity index (χ0v) is 17.2. The minimum absolute atomic E-state index is 0.0241. The van der Waals surface area contributed by atoms with Gasteiger partial charge in [-0.05, 0) is 25.0 Å². The van der Waals surface area contributed by atoms with Gasteiger partial charge in [0, 0.05) is 39.3 Å². The van der Waals surface area contributed by atoms with Gasteiger partial charge in [-0.25, -0.2) is 8.42 Å². The molecule has 0 N–H and O–H groups in total. The van der Waals surface area contributed by atoms with Gasteiger partial charge >= 0.3 is 0 Å². The normalized spacial score (nSPS) is 19.8. The Kier molecular flexibility index (Phi) is 5.75. The molecule has 8 heteroatoms. The number of carbonyl (C=O) groups is 1. The molecule has 2 heterocycles. The second kappa shape index (κ2) is 7.92. The van der Waals surface area contributed by atoms with Crippen LogP contribution >= 0.6 is 0 Å². The summed E-state index contributed by atoms with van der Waals surface area (Å²) >= 11 is 0. The van der Waals surface area contributed by atoms with E-state index in [1.165, 1.54) is 4.31 Å². The summed E-state index contributed by atoms with van der Waals surface area (Å²) in [4.78, 5) is 14.4. The fourth-order valence-corrected chi connectivity index (χ4v) is 5.14. The Morgan fingerprint density at radius 1 is 1.36 bits per heavy atom. The van der Waals surface area contributed by atoms with Crippen molar-refractivity contribution < 1.29 is 13.2 Å². The first kappa shape index (κ1) is 20.3. The fraction of sp³-hybridized carbons (Fsp3) is 0.550. The summed E-state index contributed by atoms with van der Waals surface area (Å²) in [6.07, 6.45) is 8.05. The molecule has 1 aromatic carbocycles. The number of nitrogens with zero attached hydrogens (tertiary/aromatic N) is 4. The van der Waals surface area contributed by atoms with Crippen molar-refractivity contribution in [2.45, 2.75) is 50.7 Å². The summed E-state index contributed by atoms with van der Waals surface area (Å²) in [7, 11) is -1.54. The molecule has 1 amide bonds. The second-order valence-corrected chi connectivity index (χ2v) is 9.38. The Hall–Kier alpha value is -2.40. The van der Waals surface area contributed by atoms with Crippen molar-refractivity contribution in [2.24, 2.45) is 10.2 Å². The van der Waals surface area contributed by atoms with Crippen molar-refractivity contribution in [1.82, 2.24) is 4.90 Å². The van der Waals surface area contributed by atoms with Crippen molar-refractivity contribution in [1.29, 1.82) is 0 Å². The third kappa shape index (κ3) is 4.20. The van der Waals surface area contributed by atoms with Crippen molar-refractivity contribution in [2.75, 3.05) is 23.7 Å².